The van der Waals surface area contributed by atoms with Crippen molar-refractivity contribution in [3.63, 3.8) is 0 Å². The first-order chi connectivity index (χ1) is 18.9. The van der Waals surface area contributed by atoms with Crippen molar-refractivity contribution in [1.29, 1.82) is 0 Å². The number of rotatable bonds is 9. The van der Waals surface area contributed by atoms with Gasteiger partial charge < -0.3 is 20.9 Å². The molecule has 3 N–H and O–H groups in total. The average Bonchev–Trinajstić information content (AvgIpc) is 3.65. The van der Waals surface area contributed by atoms with Crippen LogP contribution in [0.2, 0.25) is 0 Å². The van der Waals surface area contributed by atoms with E-state index >= 15 is 0 Å². The summed E-state index contributed by atoms with van der Waals surface area (Å²) in [5.74, 6) is 1.02. The maximum absolute atomic E-state index is 14.0. The lowest BCUT2D eigenvalue weighted by atomic mass is 9.95. The van der Waals surface area contributed by atoms with Crippen LogP contribution in [-0.2, 0) is 6.54 Å². The Hall–Kier alpha value is -3.75. The lowest BCUT2D eigenvalue weighted by Gasteiger charge is -2.17. The van der Waals surface area contributed by atoms with E-state index in [-0.39, 0.29) is 5.56 Å². The first-order valence-corrected chi connectivity index (χ1v) is 14.0. The number of aromatic nitrogens is 3. The lowest BCUT2D eigenvalue weighted by Crippen LogP contribution is -2.28. The maximum atomic E-state index is 14.0. The van der Waals surface area contributed by atoms with Gasteiger partial charge in [0.1, 0.15) is 5.65 Å². The average molecular weight is 524 g/mol. The van der Waals surface area contributed by atoms with Crippen molar-refractivity contribution in [2.75, 3.05) is 44.4 Å². The Labute approximate surface area is 229 Å². The van der Waals surface area contributed by atoms with Crippen LogP contribution in [0.5, 0.6) is 0 Å². The minimum Gasteiger partial charge on any atom is -0.381 e. The van der Waals surface area contributed by atoms with E-state index in [1.165, 1.54) is 24.0 Å². The fourth-order valence-corrected chi connectivity index (χ4v) is 5.37. The van der Waals surface area contributed by atoms with E-state index in [0.717, 1.165) is 53.9 Å². The van der Waals surface area contributed by atoms with Crippen molar-refractivity contribution in [3.05, 3.63) is 76.2 Å². The highest BCUT2D eigenvalue weighted by Gasteiger charge is 2.28. The molecule has 1 saturated heterocycles. The second-order valence-corrected chi connectivity index (χ2v) is 11.2. The van der Waals surface area contributed by atoms with E-state index < -0.39 is 0 Å². The molecule has 8 heteroatoms. The predicted molar refractivity (Wildman–Crippen MR) is 159 cm³/mol. The van der Waals surface area contributed by atoms with Gasteiger partial charge in [-0.2, -0.15) is 4.98 Å². The molecule has 0 radical (unpaired) electrons. The first kappa shape index (κ1) is 25.5. The van der Waals surface area contributed by atoms with Crippen LogP contribution < -0.4 is 21.5 Å². The molecule has 1 aliphatic heterocycles. The van der Waals surface area contributed by atoms with Crippen molar-refractivity contribution in [2.24, 2.45) is 0 Å². The molecular weight excluding hydrogens is 486 g/mol. The maximum Gasteiger partial charge on any atom is 0.260 e. The number of benzene rings is 2. The first-order valence-electron chi connectivity index (χ1n) is 14.0. The molecule has 0 bridgehead atoms. The fraction of sp³-hybridized carbons (Fsp3) is 0.387. The van der Waals surface area contributed by atoms with Gasteiger partial charge in [0, 0.05) is 54.2 Å². The molecule has 2 aromatic heterocycles. The van der Waals surface area contributed by atoms with E-state index in [4.69, 9.17) is 4.98 Å². The molecule has 6 rings (SSSR count). The number of fused-ring (bicyclic) bond motifs is 1. The Balaban J connectivity index is 1.34. The quantitative estimate of drug-likeness (QED) is 0.293. The number of nitrogens with one attached hydrogen (secondary N) is 3. The molecule has 0 spiro atoms. The van der Waals surface area contributed by atoms with Gasteiger partial charge in [-0.25, -0.2) is 4.98 Å². The zero-order valence-electron chi connectivity index (χ0n) is 23.0. The normalized spacial score (nSPS) is 17.2. The fourth-order valence-electron chi connectivity index (χ4n) is 5.37. The Kier molecular flexibility index (Phi) is 7.06. The topological polar surface area (TPSA) is 87.1 Å². The number of nitrogens with zero attached hydrogens (tertiary/aromatic N) is 4. The van der Waals surface area contributed by atoms with Crippen LogP contribution >= 0.6 is 0 Å². The molecule has 1 aliphatic carbocycles. The molecular formula is C31H37N7O. The third-order valence-electron chi connectivity index (χ3n) is 7.68. The van der Waals surface area contributed by atoms with Crippen LogP contribution in [0.3, 0.4) is 0 Å². The van der Waals surface area contributed by atoms with Crippen LogP contribution in [-0.4, -0.2) is 59.2 Å². The van der Waals surface area contributed by atoms with Gasteiger partial charge in [0.25, 0.3) is 5.56 Å². The summed E-state index contributed by atoms with van der Waals surface area (Å²) >= 11 is 0. The molecule has 1 saturated carbocycles. The van der Waals surface area contributed by atoms with Gasteiger partial charge in [-0.05, 0) is 94.2 Å². The number of hydrogen-bond donors (Lipinski definition) is 3. The van der Waals surface area contributed by atoms with Gasteiger partial charge in [-0.15, -0.1) is 0 Å². The Morgan fingerprint density at radius 2 is 1.82 bits per heavy atom. The molecule has 1 unspecified atom stereocenters. The largest absolute Gasteiger partial charge is 0.381 e. The highest BCUT2D eigenvalue weighted by molar-refractivity contribution is 5.83. The molecule has 2 aromatic carbocycles. The molecule has 8 nitrogen and oxygen atoms in total. The van der Waals surface area contributed by atoms with Crippen molar-refractivity contribution < 1.29 is 0 Å². The number of anilines is 3. The van der Waals surface area contributed by atoms with Gasteiger partial charge in [0.15, 0.2) is 0 Å². The Morgan fingerprint density at radius 3 is 2.54 bits per heavy atom. The van der Waals surface area contributed by atoms with Crippen LogP contribution in [0.1, 0.15) is 36.3 Å². The van der Waals surface area contributed by atoms with E-state index in [1.54, 1.807) is 0 Å². The van der Waals surface area contributed by atoms with E-state index in [2.05, 4.69) is 63.1 Å². The Bertz CT molecular complexity index is 1530. The third kappa shape index (κ3) is 5.67. The summed E-state index contributed by atoms with van der Waals surface area (Å²) in [6.07, 6.45) is 5.33. The summed E-state index contributed by atoms with van der Waals surface area (Å²) in [6.45, 7) is 5.45. The number of hydrogen-bond acceptors (Lipinski definition) is 7. The van der Waals surface area contributed by atoms with Crippen LogP contribution in [0.15, 0.2) is 59.5 Å². The summed E-state index contributed by atoms with van der Waals surface area (Å²) in [5.41, 5.74) is 6.93. The van der Waals surface area contributed by atoms with Gasteiger partial charge >= 0.3 is 0 Å². The molecule has 2 aliphatic rings. The van der Waals surface area contributed by atoms with E-state index in [9.17, 15) is 4.79 Å². The number of pyridine rings is 1. The van der Waals surface area contributed by atoms with Crippen molar-refractivity contribution in [3.8, 4) is 11.1 Å². The molecule has 0 amide bonds. The van der Waals surface area contributed by atoms with Gasteiger partial charge in [-0.1, -0.05) is 23.8 Å². The van der Waals surface area contributed by atoms with Crippen molar-refractivity contribution >= 4 is 28.4 Å². The van der Waals surface area contributed by atoms with Crippen molar-refractivity contribution in [2.45, 2.75) is 44.7 Å². The number of likely N-dealkylation sites (N-methyl/N-ethyl adjacent to an activating group) is 1. The van der Waals surface area contributed by atoms with Crippen LogP contribution in [0, 0.1) is 6.92 Å². The molecule has 202 valence electrons. The van der Waals surface area contributed by atoms with Gasteiger partial charge in [-0.3, -0.25) is 9.36 Å². The van der Waals surface area contributed by atoms with Crippen LogP contribution in [0.25, 0.3) is 22.2 Å². The zero-order valence-corrected chi connectivity index (χ0v) is 23.0. The van der Waals surface area contributed by atoms with E-state index in [0.29, 0.717) is 30.1 Å². The summed E-state index contributed by atoms with van der Waals surface area (Å²) in [7, 11) is 4.04. The second-order valence-electron chi connectivity index (χ2n) is 11.2. The summed E-state index contributed by atoms with van der Waals surface area (Å²) < 4.78 is 1.82. The molecule has 4 aromatic rings. The highest BCUT2D eigenvalue weighted by Crippen LogP contribution is 2.44. The van der Waals surface area contributed by atoms with E-state index in [1.807, 2.05) is 43.1 Å². The van der Waals surface area contributed by atoms with Crippen LogP contribution in [0.4, 0.5) is 17.3 Å². The van der Waals surface area contributed by atoms with Gasteiger partial charge in [0.05, 0.1) is 0 Å². The van der Waals surface area contributed by atoms with Gasteiger partial charge in [0.2, 0.25) is 5.95 Å². The third-order valence-corrected chi connectivity index (χ3v) is 7.68. The molecule has 39 heavy (non-hydrogen) atoms. The lowest BCUT2D eigenvalue weighted by molar-refractivity contribution is 0.384. The highest BCUT2D eigenvalue weighted by atomic mass is 16.1. The van der Waals surface area contributed by atoms with Crippen molar-refractivity contribution in [1.82, 2.24) is 24.8 Å². The molecule has 1 atom stereocenters. The number of aryl methyl sites for hydroxylation is 1. The standard InChI is InChI=1S/C31H37N7O/c1-20-4-11-26(27(16-20)21-5-6-21)28-17-22-18-33-31(36-29(22)38(30(28)39)15-14-37(2)3)35-24-9-7-23(8-10-24)34-25-12-13-32-19-25/h4,7-11,16-18,21,25,32,34H,5-6,12-15,19H2,1-3H3,(H,33,35,36). The zero-order chi connectivity index (χ0) is 26.9. The summed E-state index contributed by atoms with van der Waals surface area (Å²) in [5, 5.41) is 11.1. The second kappa shape index (κ2) is 10.8. The monoisotopic (exact) mass is 523 g/mol. The Morgan fingerprint density at radius 1 is 1.03 bits per heavy atom. The molecule has 3 heterocycles. The molecule has 2 fully saturated rings. The minimum atomic E-state index is -0.00316. The predicted octanol–water partition coefficient (Wildman–Crippen LogP) is 4.72. The minimum absolute atomic E-state index is 0.00316. The smallest absolute Gasteiger partial charge is 0.260 e. The summed E-state index contributed by atoms with van der Waals surface area (Å²) in [4.78, 5) is 25.5. The SMILES string of the molecule is Cc1ccc(-c2cc3cnc(Nc4ccc(NC5CCNC5)cc4)nc3n(CCN(C)C)c2=O)c(C2CC2)c1. The summed E-state index contributed by atoms with van der Waals surface area (Å²) in [6, 6.07) is 17.1.